The van der Waals surface area contributed by atoms with Crippen LogP contribution in [0.5, 0.6) is 0 Å². The Bertz CT molecular complexity index is 902. The number of carbonyl (C=O) groups excluding carboxylic acids is 2. The summed E-state index contributed by atoms with van der Waals surface area (Å²) in [4.78, 5) is 23.7. The number of benzene rings is 2. The highest BCUT2D eigenvalue weighted by Crippen LogP contribution is 2.32. The van der Waals surface area contributed by atoms with Crippen LogP contribution >= 0.6 is 0 Å². The van der Waals surface area contributed by atoms with Crippen molar-refractivity contribution < 1.29 is 44.7 Å². The van der Waals surface area contributed by atoms with Crippen molar-refractivity contribution in [1.29, 1.82) is 0 Å². The first-order valence-corrected chi connectivity index (χ1v) is 6.90. The Labute approximate surface area is 145 Å². The fraction of sp³-hybridized carbons (Fsp3) is 0.125. The predicted molar refractivity (Wildman–Crippen MR) is 74.6 cm³/mol. The number of rotatable bonds is 2. The van der Waals surface area contributed by atoms with E-state index in [2.05, 4.69) is 0 Å². The van der Waals surface area contributed by atoms with E-state index in [9.17, 15) is 44.7 Å². The predicted octanol–water partition coefficient (Wildman–Crippen LogP) is 4.57. The molecule has 0 bridgehead atoms. The number of carbonyl (C=O) groups is 2. The van der Waals surface area contributed by atoms with Gasteiger partial charge in [-0.15, -0.1) is 0 Å². The number of amides is 2. The molecule has 0 aliphatic heterocycles. The molecule has 0 heterocycles. The highest BCUT2D eigenvalue weighted by atomic mass is 19.4. The molecule has 2 aromatic carbocycles. The molecule has 2 amide bonds. The Morgan fingerprint density at radius 2 is 1.44 bits per heavy atom. The van der Waals surface area contributed by atoms with Crippen molar-refractivity contribution in [2.24, 2.45) is 0 Å². The van der Waals surface area contributed by atoms with Crippen LogP contribution in [0.1, 0.15) is 31.8 Å². The van der Waals surface area contributed by atoms with Crippen LogP contribution in [0, 0.1) is 11.6 Å². The second-order valence-electron chi connectivity index (χ2n) is 5.17. The molecular weight excluding hydrogens is 390 g/mol. The zero-order valence-corrected chi connectivity index (χ0v) is 12.8. The molecule has 0 saturated carbocycles. The van der Waals surface area contributed by atoms with Gasteiger partial charge in [-0.25, -0.2) is 8.78 Å². The minimum Gasteiger partial charge on any atom is -0.288 e. The first-order valence-electron chi connectivity index (χ1n) is 6.90. The van der Waals surface area contributed by atoms with Crippen LogP contribution in [0.25, 0.3) is 0 Å². The molecule has 0 fully saturated rings. The van der Waals surface area contributed by atoms with Crippen molar-refractivity contribution in [2.75, 3.05) is 0 Å². The van der Waals surface area contributed by atoms with Crippen LogP contribution in [-0.2, 0) is 12.4 Å². The van der Waals surface area contributed by atoms with Crippen molar-refractivity contribution >= 4 is 11.8 Å². The summed E-state index contributed by atoms with van der Waals surface area (Å²) in [5, 5.41) is 1.42. The van der Waals surface area contributed by atoms with Gasteiger partial charge >= 0.3 is 12.4 Å². The summed E-state index contributed by atoms with van der Waals surface area (Å²) >= 11 is 0. The van der Waals surface area contributed by atoms with Gasteiger partial charge in [0.05, 0.1) is 16.7 Å². The zero-order valence-electron chi connectivity index (χ0n) is 12.8. The number of hydrogen-bond donors (Lipinski definition) is 1. The molecule has 0 unspecified atom stereocenters. The van der Waals surface area contributed by atoms with Gasteiger partial charge in [-0.05, 0) is 30.3 Å². The summed E-state index contributed by atoms with van der Waals surface area (Å²) < 4.78 is 103. The van der Waals surface area contributed by atoms with Gasteiger partial charge < -0.3 is 0 Å². The van der Waals surface area contributed by atoms with Gasteiger partial charge in [-0.3, -0.25) is 14.9 Å². The third-order valence-corrected chi connectivity index (χ3v) is 3.26. The van der Waals surface area contributed by atoms with Crippen LogP contribution in [-0.4, -0.2) is 11.8 Å². The smallest absolute Gasteiger partial charge is 0.288 e. The number of nitrogens with one attached hydrogen (secondary N) is 1. The summed E-state index contributed by atoms with van der Waals surface area (Å²) in [5.41, 5.74) is -5.38. The van der Waals surface area contributed by atoms with E-state index in [0.717, 1.165) is 0 Å². The molecular formula is C16H7F8NO2. The third-order valence-electron chi connectivity index (χ3n) is 3.26. The van der Waals surface area contributed by atoms with Crippen molar-refractivity contribution in [3.05, 3.63) is 70.3 Å². The molecule has 1 N–H and O–H groups in total. The lowest BCUT2D eigenvalue weighted by Gasteiger charge is -2.12. The van der Waals surface area contributed by atoms with Gasteiger partial charge in [0.15, 0.2) is 0 Å². The second-order valence-corrected chi connectivity index (χ2v) is 5.17. The molecule has 11 heteroatoms. The van der Waals surface area contributed by atoms with Crippen LogP contribution in [0.15, 0.2) is 36.4 Å². The molecule has 144 valence electrons. The molecule has 0 saturated heterocycles. The molecule has 0 aliphatic rings. The van der Waals surface area contributed by atoms with E-state index in [1.807, 2.05) is 0 Å². The SMILES string of the molecule is O=C(NC(=O)c1cccc(C(F)(F)F)c1F)c1cc(F)cc(C(F)(F)F)c1. The first-order chi connectivity index (χ1) is 12.3. The van der Waals surface area contributed by atoms with E-state index < -0.39 is 58.1 Å². The third kappa shape index (κ3) is 4.60. The molecule has 0 atom stereocenters. The average molecular weight is 397 g/mol. The van der Waals surface area contributed by atoms with Crippen LogP contribution in [0.2, 0.25) is 0 Å². The summed E-state index contributed by atoms with van der Waals surface area (Å²) in [6.07, 6.45) is -10.1. The summed E-state index contributed by atoms with van der Waals surface area (Å²) in [5.74, 6) is -6.60. The van der Waals surface area contributed by atoms with E-state index in [-0.39, 0.29) is 12.1 Å². The maximum Gasteiger partial charge on any atom is 0.419 e. The first kappa shape index (κ1) is 20.3. The fourth-order valence-corrected chi connectivity index (χ4v) is 2.05. The van der Waals surface area contributed by atoms with E-state index in [1.165, 1.54) is 5.32 Å². The maximum atomic E-state index is 13.9. The quantitative estimate of drug-likeness (QED) is 0.596. The number of hydrogen-bond acceptors (Lipinski definition) is 2. The Morgan fingerprint density at radius 3 is 2.00 bits per heavy atom. The fourth-order valence-electron chi connectivity index (χ4n) is 2.05. The maximum absolute atomic E-state index is 13.9. The molecule has 0 aromatic heterocycles. The summed E-state index contributed by atoms with van der Waals surface area (Å²) in [6, 6.07) is 2.41. The van der Waals surface area contributed by atoms with Gasteiger partial charge in [-0.2, -0.15) is 26.3 Å². The minimum atomic E-state index is -5.12. The Hall–Kier alpha value is -2.98. The minimum absolute atomic E-state index is 0.102. The molecule has 3 nitrogen and oxygen atoms in total. The van der Waals surface area contributed by atoms with E-state index in [0.29, 0.717) is 24.3 Å². The van der Waals surface area contributed by atoms with Gasteiger partial charge in [0, 0.05) is 5.56 Å². The monoisotopic (exact) mass is 397 g/mol. The average Bonchev–Trinajstić information content (AvgIpc) is 2.52. The van der Waals surface area contributed by atoms with Gasteiger partial charge in [0.2, 0.25) is 0 Å². The van der Waals surface area contributed by atoms with Crippen molar-refractivity contribution in [2.45, 2.75) is 12.4 Å². The highest BCUT2D eigenvalue weighted by molar-refractivity contribution is 6.10. The second kappa shape index (κ2) is 6.97. The molecule has 27 heavy (non-hydrogen) atoms. The van der Waals surface area contributed by atoms with Crippen LogP contribution < -0.4 is 5.32 Å². The van der Waals surface area contributed by atoms with E-state index >= 15 is 0 Å². The lowest BCUT2D eigenvalue weighted by atomic mass is 10.1. The Morgan fingerprint density at radius 1 is 0.815 bits per heavy atom. The Balaban J connectivity index is 2.32. The number of imide groups is 1. The molecule has 0 aliphatic carbocycles. The zero-order chi connectivity index (χ0) is 20.6. The normalized spacial score (nSPS) is 12.0. The largest absolute Gasteiger partial charge is 0.419 e. The molecule has 2 rings (SSSR count). The Kier molecular flexibility index (Phi) is 5.25. The van der Waals surface area contributed by atoms with E-state index in [4.69, 9.17) is 0 Å². The highest BCUT2D eigenvalue weighted by Gasteiger charge is 2.36. The van der Waals surface area contributed by atoms with Crippen molar-refractivity contribution in [3.63, 3.8) is 0 Å². The van der Waals surface area contributed by atoms with Crippen molar-refractivity contribution in [1.82, 2.24) is 5.32 Å². The summed E-state index contributed by atoms with van der Waals surface area (Å²) in [7, 11) is 0. The topological polar surface area (TPSA) is 46.2 Å². The van der Waals surface area contributed by atoms with Gasteiger partial charge in [0.25, 0.3) is 11.8 Å². The number of halogens is 8. The van der Waals surface area contributed by atoms with E-state index in [1.54, 1.807) is 0 Å². The standard InChI is InChI=1S/C16H7F8NO2/c17-9-5-7(4-8(6-9)15(19,20)21)13(26)25-14(27)10-2-1-3-11(12(10)18)16(22,23)24/h1-6H,(H,25,26,27). The van der Waals surface area contributed by atoms with Crippen LogP contribution in [0.3, 0.4) is 0 Å². The summed E-state index contributed by atoms with van der Waals surface area (Å²) in [6.45, 7) is 0. The molecule has 0 spiro atoms. The van der Waals surface area contributed by atoms with Crippen molar-refractivity contribution in [3.8, 4) is 0 Å². The van der Waals surface area contributed by atoms with Gasteiger partial charge in [-0.1, -0.05) is 6.07 Å². The molecule has 2 aromatic rings. The lowest BCUT2D eigenvalue weighted by Crippen LogP contribution is -2.32. The van der Waals surface area contributed by atoms with Gasteiger partial charge in [0.1, 0.15) is 11.6 Å². The lowest BCUT2D eigenvalue weighted by molar-refractivity contribution is -0.140. The van der Waals surface area contributed by atoms with Crippen LogP contribution in [0.4, 0.5) is 35.1 Å². The molecule has 0 radical (unpaired) electrons. The number of alkyl halides is 6.